The zero-order valence-corrected chi connectivity index (χ0v) is 28.5. The van der Waals surface area contributed by atoms with Crippen molar-refractivity contribution in [2.45, 2.75) is 103 Å². The number of thiazole rings is 1. The topological polar surface area (TPSA) is 123 Å². The van der Waals surface area contributed by atoms with E-state index in [2.05, 4.69) is 10.3 Å². The van der Waals surface area contributed by atoms with E-state index in [1.54, 1.807) is 25.2 Å². The van der Waals surface area contributed by atoms with Crippen molar-refractivity contribution in [1.82, 2.24) is 20.1 Å². The second kappa shape index (κ2) is 18.4. The molecule has 0 spiro atoms. The van der Waals surface area contributed by atoms with Gasteiger partial charge in [0, 0.05) is 45.1 Å². The van der Waals surface area contributed by atoms with Crippen molar-refractivity contribution in [3.05, 3.63) is 52.5 Å². The number of carbonyl (C=O) groups is 3. The van der Waals surface area contributed by atoms with E-state index in [1.807, 2.05) is 56.5 Å². The zero-order chi connectivity index (χ0) is 32.9. The maximum Gasteiger partial charge on any atom is 0.241 e. The highest BCUT2D eigenvalue weighted by Gasteiger charge is 2.34. The fourth-order valence-corrected chi connectivity index (χ4v) is 6.89. The van der Waals surface area contributed by atoms with E-state index in [1.165, 1.54) is 22.7 Å². The molecule has 1 saturated carbocycles. The van der Waals surface area contributed by atoms with Gasteiger partial charge in [-0.15, -0.1) is 11.3 Å². The van der Waals surface area contributed by atoms with Crippen LogP contribution in [0.1, 0.15) is 88.6 Å². The van der Waals surface area contributed by atoms with Gasteiger partial charge in [0.15, 0.2) is 0 Å². The predicted molar refractivity (Wildman–Crippen MR) is 179 cm³/mol. The van der Waals surface area contributed by atoms with E-state index in [0.717, 1.165) is 36.3 Å². The summed E-state index contributed by atoms with van der Waals surface area (Å²) in [7, 11) is 3.33. The van der Waals surface area contributed by atoms with Crippen LogP contribution in [-0.2, 0) is 20.8 Å². The minimum atomic E-state index is -1.12. The van der Waals surface area contributed by atoms with Crippen LogP contribution in [0.5, 0.6) is 0 Å². The third kappa shape index (κ3) is 12.1. The number of aromatic nitrogens is 1. The first-order valence-corrected chi connectivity index (χ1v) is 17.4. The largest absolute Gasteiger partial charge is 0.390 e. The smallest absolute Gasteiger partial charge is 0.241 e. The van der Waals surface area contributed by atoms with Crippen LogP contribution in [0, 0.1) is 17.8 Å². The summed E-state index contributed by atoms with van der Waals surface area (Å²) in [5.41, 5.74) is 1.06. The van der Waals surface area contributed by atoms with E-state index in [9.17, 15) is 24.6 Å². The van der Waals surface area contributed by atoms with Crippen molar-refractivity contribution < 1.29 is 24.6 Å². The molecule has 0 saturated heterocycles. The van der Waals surface area contributed by atoms with Crippen molar-refractivity contribution in [3.8, 4) is 0 Å². The molecular formula is C35H54N4O5S. The van der Waals surface area contributed by atoms with Crippen molar-refractivity contribution >= 4 is 29.1 Å². The molecule has 0 bridgehead atoms. The van der Waals surface area contributed by atoms with E-state index < -0.39 is 24.2 Å². The Balaban J connectivity index is 1.83. The highest BCUT2D eigenvalue weighted by atomic mass is 32.1. The summed E-state index contributed by atoms with van der Waals surface area (Å²) in [6.45, 7) is 6.25. The molecule has 0 aliphatic heterocycles. The summed E-state index contributed by atoms with van der Waals surface area (Å²) in [5, 5.41) is 27.8. The third-order valence-corrected chi connectivity index (χ3v) is 9.70. The van der Waals surface area contributed by atoms with E-state index in [4.69, 9.17) is 0 Å². The van der Waals surface area contributed by atoms with Gasteiger partial charge in [-0.05, 0) is 36.2 Å². The molecule has 1 aromatic carbocycles. The molecule has 3 N–H and O–H groups in total. The number of benzene rings is 1. The van der Waals surface area contributed by atoms with Crippen LogP contribution >= 0.6 is 11.3 Å². The number of hydrogen-bond donors (Lipinski definition) is 3. The first-order chi connectivity index (χ1) is 21.4. The quantitative estimate of drug-likeness (QED) is 0.231. The average molecular weight is 643 g/mol. The van der Waals surface area contributed by atoms with Gasteiger partial charge in [-0.1, -0.05) is 83.2 Å². The van der Waals surface area contributed by atoms with Crippen LogP contribution in [0.2, 0.25) is 0 Å². The lowest BCUT2D eigenvalue weighted by Gasteiger charge is -2.34. The Morgan fingerprint density at radius 3 is 2.31 bits per heavy atom. The monoisotopic (exact) mass is 642 g/mol. The van der Waals surface area contributed by atoms with Gasteiger partial charge in [-0.3, -0.25) is 14.4 Å². The van der Waals surface area contributed by atoms with Crippen LogP contribution in [0.3, 0.4) is 0 Å². The summed E-state index contributed by atoms with van der Waals surface area (Å²) in [6, 6.07) is 9.22. The molecule has 1 fully saturated rings. The normalized spacial score (nSPS) is 17.2. The van der Waals surface area contributed by atoms with Crippen LogP contribution in [-0.4, -0.2) is 88.2 Å². The van der Waals surface area contributed by atoms with Gasteiger partial charge in [0.25, 0.3) is 0 Å². The minimum Gasteiger partial charge on any atom is -0.390 e. The Morgan fingerprint density at radius 2 is 1.71 bits per heavy atom. The minimum absolute atomic E-state index is 0.0196. The first-order valence-electron chi connectivity index (χ1n) is 16.5. The standard InChI is InChI=1S/C35H54N4O5S/c1-24(2)18-30(40)34(43)29(19-26-12-8-6-9-13-26)37-35(44)28(20-31-36-16-17-45-31)21-32(41)39(23-33(42)38(4)5)22-25(3)27-14-10-7-11-15-27/h7,10-11,14-17,24-26,28-30,34,40,43H,6,8-9,12-13,18-23H2,1-5H3,(H,37,44)/t25-,28-,29+,30+,34-/m1/s1. The molecule has 0 radical (unpaired) electrons. The number of likely N-dealkylation sites (N-methyl/N-ethyl adjacent to an activating group) is 1. The van der Waals surface area contributed by atoms with E-state index >= 15 is 0 Å². The molecule has 1 aromatic heterocycles. The van der Waals surface area contributed by atoms with Crippen molar-refractivity contribution in [2.75, 3.05) is 27.2 Å². The lowest BCUT2D eigenvalue weighted by Crippen LogP contribution is -2.52. The van der Waals surface area contributed by atoms with Gasteiger partial charge in [-0.25, -0.2) is 4.98 Å². The number of hydrogen-bond acceptors (Lipinski definition) is 7. The Hall–Kier alpha value is -2.82. The van der Waals surface area contributed by atoms with Crippen LogP contribution in [0.15, 0.2) is 41.9 Å². The number of aliphatic hydroxyl groups excluding tert-OH is 2. The third-order valence-electron chi connectivity index (χ3n) is 8.90. The molecule has 5 atom stereocenters. The van der Waals surface area contributed by atoms with Gasteiger partial charge in [-0.2, -0.15) is 0 Å². The summed E-state index contributed by atoms with van der Waals surface area (Å²) in [4.78, 5) is 48.2. The molecule has 3 amide bonds. The molecule has 1 aliphatic carbocycles. The van der Waals surface area contributed by atoms with Crippen molar-refractivity contribution in [2.24, 2.45) is 17.8 Å². The van der Waals surface area contributed by atoms with Gasteiger partial charge in [0.2, 0.25) is 17.7 Å². The molecule has 250 valence electrons. The molecule has 1 aliphatic rings. The SMILES string of the molecule is CC(C)C[C@H](O)[C@H](O)[C@H](CC1CCCCC1)NC(=O)[C@@H](CC(=O)N(CC(=O)N(C)C)C[C@@H](C)c1ccccc1)Cc1nccs1. The van der Waals surface area contributed by atoms with Gasteiger partial charge < -0.3 is 25.3 Å². The fraction of sp³-hybridized carbons (Fsp3) is 0.657. The summed E-state index contributed by atoms with van der Waals surface area (Å²) >= 11 is 1.43. The van der Waals surface area contributed by atoms with Gasteiger partial charge >= 0.3 is 0 Å². The van der Waals surface area contributed by atoms with Crippen molar-refractivity contribution in [3.63, 3.8) is 0 Å². The Bertz CT molecular complexity index is 1170. The lowest BCUT2D eigenvalue weighted by molar-refractivity contribution is -0.141. The molecular weight excluding hydrogens is 588 g/mol. The average Bonchev–Trinajstić information content (AvgIpc) is 3.53. The Kier molecular flexibility index (Phi) is 14.9. The molecule has 0 unspecified atom stereocenters. The lowest BCUT2D eigenvalue weighted by atomic mass is 9.82. The second-order valence-electron chi connectivity index (χ2n) is 13.4. The zero-order valence-electron chi connectivity index (χ0n) is 27.7. The maximum atomic E-state index is 14.0. The molecule has 3 rings (SSSR count). The second-order valence-corrected chi connectivity index (χ2v) is 14.4. The molecule has 2 aromatic rings. The summed E-state index contributed by atoms with van der Waals surface area (Å²) < 4.78 is 0. The number of aliphatic hydroxyl groups is 2. The number of carbonyl (C=O) groups excluding carboxylic acids is 3. The van der Waals surface area contributed by atoms with E-state index in [0.29, 0.717) is 25.3 Å². The van der Waals surface area contributed by atoms with Crippen LogP contribution in [0.25, 0.3) is 0 Å². The fourth-order valence-electron chi connectivity index (χ4n) is 6.20. The van der Waals surface area contributed by atoms with Crippen LogP contribution < -0.4 is 5.32 Å². The van der Waals surface area contributed by atoms with Crippen molar-refractivity contribution in [1.29, 1.82) is 0 Å². The molecule has 10 heteroatoms. The summed E-state index contributed by atoms with van der Waals surface area (Å²) in [6.07, 6.45) is 6.28. The number of amides is 3. The highest BCUT2D eigenvalue weighted by molar-refractivity contribution is 7.09. The van der Waals surface area contributed by atoms with Crippen LogP contribution in [0.4, 0.5) is 0 Å². The molecule has 1 heterocycles. The Morgan fingerprint density at radius 1 is 1.02 bits per heavy atom. The highest BCUT2D eigenvalue weighted by Crippen LogP contribution is 2.29. The molecule has 9 nitrogen and oxygen atoms in total. The number of nitrogens with one attached hydrogen (secondary N) is 1. The Labute approximate surface area is 273 Å². The first kappa shape index (κ1) is 36.6. The maximum absolute atomic E-state index is 14.0. The van der Waals surface area contributed by atoms with Gasteiger partial charge in [0.1, 0.15) is 6.10 Å². The van der Waals surface area contributed by atoms with E-state index in [-0.39, 0.29) is 48.9 Å². The molecule has 45 heavy (non-hydrogen) atoms. The number of nitrogens with zero attached hydrogens (tertiary/aromatic N) is 3. The predicted octanol–water partition coefficient (Wildman–Crippen LogP) is 4.64. The van der Waals surface area contributed by atoms with Gasteiger partial charge in [0.05, 0.1) is 29.6 Å². The summed E-state index contributed by atoms with van der Waals surface area (Å²) in [5.74, 6) is -1.05. The number of rotatable bonds is 17.